The lowest BCUT2D eigenvalue weighted by atomic mass is 9.91. The molecule has 1 amide bonds. The van der Waals surface area contributed by atoms with Crippen LogP contribution in [0, 0.1) is 5.92 Å². The van der Waals surface area contributed by atoms with Gasteiger partial charge in [-0.05, 0) is 73.7 Å². The zero-order valence-corrected chi connectivity index (χ0v) is 14.9. The van der Waals surface area contributed by atoms with E-state index in [4.69, 9.17) is 11.6 Å². The van der Waals surface area contributed by atoms with Crippen molar-refractivity contribution in [2.45, 2.75) is 25.8 Å². The second-order valence-electron chi connectivity index (χ2n) is 6.56. The quantitative estimate of drug-likeness (QED) is 0.823. The third-order valence-electron chi connectivity index (χ3n) is 4.72. The minimum atomic E-state index is -0.957. The van der Waals surface area contributed by atoms with E-state index in [9.17, 15) is 9.90 Å². The van der Waals surface area contributed by atoms with Crippen LogP contribution in [0.4, 0.5) is 10.5 Å². The van der Waals surface area contributed by atoms with Crippen LogP contribution in [-0.4, -0.2) is 24.3 Å². The van der Waals surface area contributed by atoms with Crippen LogP contribution in [0.5, 0.6) is 0 Å². The molecule has 0 bridgehead atoms. The Balaban J connectivity index is 1.68. The van der Waals surface area contributed by atoms with E-state index in [-0.39, 0.29) is 0 Å². The van der Waals surface area contributed by atoms with Crippen molar-refractivity contribution < 1.29 is 9.90 Å². The molecule has 0 aromatic heterocycles. The smallest absolute Gasteiger partial charge is 0.412 e. The van der Waals surface area contributed by atoms with Gasteiger partial charge in [0.05, 0.1) is 6.54 Å². The number of hydrogen-bond donors (Lipinski definition) is 2. The molecule has 0 saturated carbocycles. The van der Waals surface area contributed by atoms with Gasteiger partial charge in [0.15, 0.2) is 0 Å². The van der Waals surface area contributed by atoms with E-state index in [0.29, 0.717) is 17.3 Å². The monoisotopic (exact) mass is 358 g/mol. The first-order valence-corrected chi connectivity index (χ1v) is 9.04. The molecule has 0 unspecified atom stereocenters. The number of carbonyl (C=O) groups is 1. The summed E-state index contributed by atoms with van der Waals surface area (Å²) < 4.78 is 0. The number of rotatable bonds is 5. The molecule has 5 heteroatoms. The molecule has 0 radical (unpaired) electrons. The minimum Gasteiger partial charge on any atom is -0.465 e. The number of nitrogens with zero attached hydrogens (tertiary/aromatic N) is 1. The van der Waals surface area contributed by atoms with E-state index in [1.165, 1.54) is 23.3 Å². The third kappa shape index (κ3) is 4.97. The van der Waals surface area contributed by atoms with E-state index in [1.54, 1.807) is 12.1 Å². The van der Waals surface area contributed by atoms with Gasteiger partial charge in [-0.15, -0.1) is 0 Å². The number of hydrogen-bond acceptors (Lipinski definition) is 2. The summed E-state index contributed by atoms with van der Waals surface area (Å²) in [5.41, 5.74) is 2.87. The minimum absolute atomic E-state index is 0.306. The molecule has 0 aliphatic carbocycles. The van der Waals surface area contributed by atoms with Crippen molar-refractivity contribution in [3.05, 3.63) is 64.7 Å². The first-order valence-electron chi connectivity index (χ1n) is 8.66. The second-order valence-corrected chi connectivity index (χ2v) is 7.00. The second kappa shape index (κ2) is 8.37. The van der Waals surface area contributed by atoms with E-state index in [1.807, 2.05) is 24.3 Å². The largest absolute Gasteiger partial charge is 0.465 e. The maximum atomic E-state index is 11.7. The van der Waals surface area contributed by atoms with Gasteiger partial charge >= 0.3 is 6.09 Å². The number of anilines is 1. The molecule has 132 valence electrons. The van der Waals surface area contributed by atoms with Gasteiger partial charge in [0.1, 0.15) is 0 Å². The molecule has 0 atom stereocenters. The molecule has 2 aromatic rings. The third-order valence-corrected chi connectivity index (χ3v) is 4.97. The Morgan fingerprint density at radius 3 is 2.24 bits per heavy atom. The molecule has 25 heavy (non-hydrogen) atoms. The van der Waals surface area contributed by atoms with Crippen LogP contribution in [0.25, 0.3) is 0 Å². The fourth-order valence-electron chi connectivity index (χ4n) is 3.27. The highest BCUT2D eigenvalue weighted by molar-refractivity contribution is 6.30. The average Bonchev–Trinajstić information content (AvgIpc) is 2.63. The number of nitrogens with one attached hydrogen (secondary N) is 1. The lowest BCUT2D eigenvalue weighted by Gasteiger charge is -2.23. The Morgan fingerprint density at radius 1 is 1.04 bits per heavy atom. The molecular formula is C20H23ClN2O2. The van der Waals surface area contributed by atoms with Crippen molar-refractivity contribution in [3.8, 4) is 0 Å². The molecule has 1 heterocycles. The predicted molar refractivity (Wildman–Crippen MR) is 101 cm³/mol. The van der Waals surface area contributed by atoms with E-state index >= 15 is 0 Å². The molecule has 1 aliphatic rings. The maximum Gasteiger partial charge on any atom is 0.412 e. The zero-order chi connectivity index (χ0) is 17.6. The van der Waals surface area contributed by atoms with Crippen LogP contribution in [-0.2, 0) is 13.0 Å². The van der Waals surface area contributed by atoms with Crippen molar-refractivity contribution in [2.75, 3.05) is 18.0 Å². The number of carboxylic acid groups (broad SMARTS) is 1. The van der Waals surface area contributed by atoms with Crippen LogP contribution in [0.3, 0.4) is 0 Å². The van der Waals surface area contributed by atoms with Crippen molar-refractivity contribution in [3.63, 3.8) is 0 Å². The van der Waals surface area contributed by atoms with E-state index in [0.717, 1.165) is 31.0 Å². The van der Waals surface area contributed by atoms with Crippen LogP contribution in [0.2, 0.25) is 5.02 Å². The van der Waals surface area contributed by atoms with Crippen LogP contribution >= 0.6 is 11.6 Å². The number of benzene rings is 2. The molecule has 2 N–H and O–H groups in total. The molecule has 1 saturated heterocycles. The Morgan fingerprint density at radius 2 is 1.64 bits per heavy atom. The van der Waals surface area contributed by atoms with Gasteiger partial charge in [0.25, 0.3) is 0 Å². The molecule has 4 nitrogen and oxygen atoms in total. The highest BCUT2D eigenvalue weighted by Crippen LogP contribution is 2.23. The Kier molecular flexibility index (Phi) is 5.95. The zero-order valence-electron chi connectivity index (χ0n) is 14.1. The molecular weight excluding hydrogens is 336 g/mol. The van der Waals surface area contributed by atoms with Gasteiger partial charge in [0.2, 0.25) is 0 Å². The van der Waals surface area contributed by atoms with Gasteiger partial charge < -0.3 is 10.4 Å². The van der Waals surface area contributed by atoms with E-state index in [2.05, 4.69) is 17.4 Å². The SMILES string of the molecule is O=C(O)N(Cc1ccc(Cl)cc1)c1ccc(CC2CCNCC2)cc1. The van der Waals surface area contributed by atoms with E-state index < -0.39 is 6.09 Å². The van der Waals surface area contributed by atoms with Crippen molar-refractivity contribution in [1.29, 1.82) is 0 Å². The number of amides is 1. The topological polar surface area (TPSA) is 52.6 Å². The molecule has 3 rings (SSSR count). The Bertz CT molecular complexity index is 695. The molecule has 1 aliphatic heterocycles. The van der Waals surface area contributed by atoms with Gasteiger partial charge in [-0.25, -0.2) is 4.79 Å². The summed E-state index contributed by atoms with van der Waals surface area (Å²) >= 11 is 5.89. The standard InChI is InChI=1S/C20H23ClN2O2/c21-18-5-1-17(2-6-18)14-23(20(24)25)19-7-3-15(4-8-19)13-16-9-11-22-12-10-16/h1-8,16,22H,9-14H2,(H,24,25). The number of halogens is 1. The first-order chi connectivity index (χ1) is 12.1. The summed E-state index contributed by atoms with van der Waals surface area (Å²) in [4.78, 5) is 13.0. The molecule has 1 fully saturated rings. The summed E-state index contributed by atoms with van der Waals surface area (Å²) in [6.45, 7) is 2.49. The lowest BCUT2D eigenvalue weighted by Crippen LogP contribution is -2.29. The van der Waals surface area contributed by atoms with Crippen LogP contribution in [0.1, 0.15) is 24.0 Å². The first kappa shape index (κ1) is 17.8. The molecule has 2 aromatic carbocycles. The average molecular weight is 359 g/mol. The number of piperidine rings is 1. The highest BCUT2D eigenvalue weighted by atomic mass is 35.5. The Hall–Kier alpha value is -2.04. The normalized spacial score (nSPS) is 15.1. The van der Waals surface area contributed by atoms with Crippen molar-refractivity contribution in [1.82, 2.24) is 5.32 Å². The van der Waals surface area contributed by atoms with Gasteiger partial charge in [-0.3, -0.25) is 4.90 Å². The summed E-state index contributed by atoms with van der Waals surface area (Å²) in [7, 11) is 0. The van der Waals surface area contributed by atoms with Gasteiger partial charge in [-0.2, -0.15) is 0 Å². The highest BCUT2D eigenvalue weighted by Gasteiger charge is 2.16. The summed E-state index contributed by atoms with van der Waals surface area (Å²) in [6, 6.07) is 15.2. The van der Waals surface area contributed by atoms with Gasteiger partial charge in [-0.1, -0.05) is 35.9 Å². The Labute approximate surface area is 153 Å². The fourth-order valence-corrected chi connectivity index (χ4v) is 3.40. The summed E-state index contributed by atoms with van der Waals surface area (Å²) in [6.07, 6.45) is 2.52. The maximum absolute atomic E-state index is 11.7. The lowest BCUT2D eigenvalue weighted by molar-refractivity contribution is 0.201. The summed E-state index contributed by atoms with van der Waals surface area (Å²) in [5.74, 6) is 0.719. The van der Waals surface area contributed by atoms with Crippen molar-refractivity contribution in [2.24, 2.45) is 5.92 Å². The molecule has 0 spiro atoms. The van der Waals surface area contributed by atoms with Crippen LogP contribution < -0.4 is 10.2 Å². The van der Waals surface area contributed by atoms with Crippen molar-refractivity contribution >= 4 is 23.4 Å². The predicted octanol–water partition coefficient (Wildman–Crippen LogP) is 4.57. The van der Waals surface area contributed by atoms with Gasteiger partial charge in [0, 0.05) is 10.7 Å². The fraction of sp³-hybridized carbons (Fsp3) is 0.350. The van der Waals surface area contributed by atoms with Crippen LogP contribution in [0.15, 0.2) is 48.5 Å². The summed E-state index contributed by atoms with van der Waals surface area (Å²) in [5, 5.41) is 13.6.